The summed E-state index contributed by atoms with van der Waals surface area (Å²) in [5.74, 6) is 1.34. The lowest BCUT2D eigenvalue weighted by Crippen LogP contribution is -2.49. The summed E-state index contributed by atoms with van der Waals surface area (Å²) in [5.41, 5.74) is 9.20. The fraction of sp³-hybridized carbons (Fsp3) is 0.444. The van der Waals surface area contributed by atoms with Crippen LogP contribution < -0.4 is 10.5 Å². The zero-order valence-electron chi connectivity index (χ0n) is 13.9. The van der Waals surface area contributed by atoms with E-state index in [1.54, 1.807) is 22.9 Å². The number of likely N-dealkylation sites (tertiary alicyclic amines) is 1. The Labute approximate surface area is 146 Å². The Balaban J connectivity index is 1.69. The summed E-state index contributed by atoms with van der Waals surface area (Å²) in [6.07, 6.45) is 2.00. The van der Waals surface area contributed by atoms with Crippen LogP contribution in [0.5, 0.6) is 5.75 Å². The number of thiazole rings is 1. The van der Waals surface area contributed by atoms with Gasteiger partial charge in [0.2, 0.25) is 0 Å². The minimum absolute atomic E-state index is 0.0384. The molecule has 24 heavy (non-hydrogen) atoms. The highest BCUT2D eigenvalue weighted by atomic mass is 32.1. The van der Waals surface area contributed by atoms with Gasteiger partial charge in [-0.15, -0.1) is 11.3 Å². The van der Waals surface area contributed by atoms with Crippen molar-refractivity contribution in [2.24, 2.45) is 11.7 Å². The molecule has 3 rings (SSSR count). The standard InChI is InChI=1S/C18H23N3O2S/c1-13-5-6-21(16(7-13)9-19)18(22)14-3-2-4-17(8-14)23-10-15-11-24-12-20-15/h2-4,8,11-13,16H,5-7,9-10,19H2,1H3. The van der Waals surface area contributed by atoms with Gasteiger partial charge in [-0.3, -0.25) is 4.79 Å². The summed E-state index contributed by atoms with van der Waals surface area (Å²) in [7, 11) is 0. The van der Waals surface area contributed by atoms with Crippen molar-refractivity contribution in [2.45, 2.75) is 32.4 Å². The molecule has 0 bridgehead atoms. The van der Waals surface area contributed by atoms with Crippen LogP contribution in [0.2, 0.25) is 0 Å². The molecule has 5 nitrogen and oxygen atoms in total. The van der Waals surface area contributed by atoms with Crippen LogP contribution in [0.4, 0.5) is 0 Å². The first-order valence-corrected chi connectivity index (χ1v) is 9.22. The molecule has 2 heterocycles. The fourth-order valence-electron chi connectivity index (χ4n) is 3.09. The van der Waals surface area contributed by atoms with Crippen molar-refractivity contribution in [1.29, 1.82) is 0 Å². The van der Waals surface area contributed by atoms with E-state index in [9.17, 15) is 4.79 Å². The molecule has 2 unspecified atom stereocenters. The fourth-order valence-corrected chi connectivity index (χ4v) is 3.64. The van der Waals surface area contributed by atoms with Gasteiger partial charge < -0.3 is 15.4 Å². The molecule has 1 aliphatic heterocycles. The number of ether oxygens (including phenoxy) is 1. The van der Waals surface area contributed by atoms with Crippen molar-refractivity contribution in [3.8, 4) is 5.75 Å². The van der Waals surface area contributed by atoms with Crippen LogP contribution in [-0.4, -0.2) is 34.9 Å². The highest BCUT2D eigenvalue weighted by Crippen LogP contribution is 2.25. The highest BCUT2D eigenvalue weighted by molar-refractivity contribution is 7.07. The van der Waals surface area contributed by atoms with Gasteiger partial charge in [0, 0.05) is 30.1 Å². The topological polar surface area (TPSA) is 68.5 Å². The zero-order valence-corrected chi connectivity index (χ0v) is 14.7. The van der Waals surface area contributed by atoms with E-state index >= 15 is 0 Å². The first-order chi connectivity index (χ1) is 11.7. The van der Waals surface area contributed by atoms with Crippen LogP contribution >= 0.6 is 11.3 Å². The highest BCUT2D eigenvalue weighted by Gasteiger charge is 2.29. The number of nitrogens with two attached hydrogens (primary N) is 1. The van der Waals surface area contributed by atoms with E-state index in [2.05, 4.69) is 11.9 Å². The number of amides is 1. The van der Waals surface area contributed by atoms with Crippen molar-refractivity contribution in [2.75, 3.05) is 13.1 Å². The maximum Gasteiger partial charge on any atom is 0.254 e. The van der Waals surface area contributed by atoms with E-state index in [4.69, 9.17) is 10.5 Å². The smallest absolute Gasteiger partial charge is 0.254 e. The molecule has 128 valence electrons. The molecular weight excluding hydrogens is 322 g/mol. The van der Waals surface area contributed by atoms with Crippen LogP contribution in [0.3, 0.4) is 0 Å². The maximum atomic E-state index is 12.9. The molecule has 0 radical (unpaired) electrons. The summed E-state index contributed by atoms with van der Waals surface area (Å²) in [6, 6.07) is 7.49. The zero-order chi connectivity index (χ0) is 16.9. The quantitative estimate of drug-likeness (QED) is 0.905. The van der Waals surface area contributed by atoms with Gasteiger partial charge in [-0.25, -0.2) is 4.98 Å². The first-order valence-electron chi connectivity index (χ1n) is 8.28. The van der Waals surface area contributed by atoms with Gasteiger partial charge in [-0.2, -0.15) is 0 Å². The van der Waals surface area contributed by atoms with E-state index in [-0.39, 0.29) is 11.9 Å². The SMILES string of the molecule is CC1CCN(C(=O)c2cccc(OCc3cscn3)c2)C(CN)C1. The third-order valence-electron chi connectivity index (χ3n) is 4.46. The minimum atomic E-state index is 0.0384. The second-order valence-corrected chi connectivity index (χ2v) is 7.03. The molecule has 1 aromatic heterocycles. The van der Waals surface area contributed by atoms with Crippen molar-refractivity contribution in [3.63, 3.8) is 0 Å². The Morgan fingerprint density at radius 2 is 2.38 bits per heavy atom. The summed E-state index contributed by atoms with van der Waals surface area (Å²) in [5, 5.41) is 1.95. The number of carbonyl (C=O) groups is 1. The summed E-state index contributed by atoms with van der Waals surface area (Å²) in [4.78, 5) is 19.0. The molecule has 2 atom stereocenters. The Kier molecular flexibility index (Phi) is 5.48. The summed E-state index contributed by atoms with van der Waals surface area (Å²) in [6.45, 7) is 3.91. The van der Waals surface area contributed by atoms with Crippen LogP contribution in [0.1, 0.15) is 35.8 Å². The third-order valence-corrected chi connectivity index (χ3v) is 5.10. The van der Waals surface area contributed by atoms with Crippen LogP contribution in [0, 0.1) is 5.92 Å². The lowest BCUT2D eigenvalue weighted by atomic mass is 9.92. The largest absolute Gasteiger partial charge is 0.487 e. The van der Waals surface area contributed by atoms with Gasteiger partial charge in [-0.1, -0.05) is 13.0 Å². The van der Waals surface area contributed by atoms with E-state index in [1.807, 2.05) is 28.5 Å². The monoisotopic (exact) mass is 345 g/mol. The molecule has 1 saturated heterocycles. The van der Waals surface area contributed by atoms with Gasteiger partial charge >= 0.3 is 0 Å². The lowest BCUT2D eigenvalue weighted by Gasteiger charge is -2.38. The predicted molar refractivity (Wildman–Crippen MR) is 95.2 cm³/mol. The number of benzene rings is 1. The molecule has 1 fully saturated rings. The molecule has 0 spiro atoms. The van der Waals surface area contributed by atoms with E-state index in [0.717, 1.165) is 25.1 Å². The number of rotatable bonds is 5. The number of carbonyl (C=O) groups excluding carboxylic acids is 1. The maximum absolute atomic E-state index is 12.9. The van der Waals surface area contributed by atoms with Crippen molar-refractivity contribution in [3.05, 3.63) is 46.4 Å². The predicted octanol–water partition coefficient (Wildman–Crippen LogP) is 2.92. The molecule has 1 aromatic carbocycles. The number of hydrogen-bond acceptors (Lipinski definition) is 5. The lowest BCUT2D eigenvalue weighted by molar-refractivity contribution is 0.0573. The van der Waals surface area contributed by atoms with Gasteiger partial charge in [0.25, 0.3) is 5.91 Å². The van der Waals surface area contributed by atoms with E-state index in [0.29, 0.717) is 30.4 Å². The molecule has 1 aliphatic rings. The van der Waals surface area contributed by atoms with Gasteiger partial charge in [-0.05, 0) is 37.0 Å². The molecule has 1 amide bonds. The molecule has 2 N–H and O–H groups in total. The first kappa shape index (κ1) is 16.9. The van der Waals surface area contributed by atoms with Gasteiger partial charge in [0.15, 0.2) is 0 Å². The third kappa shape index (κ3) is 3.94. The van der Waals surface area contributed by atoms with Crippen LogP contribution in [0.15, 0.2) is 35.2 Å². The van der Waals surface area contributed by atoms with E-state index < -0.39 is 0 Å². The molecule has 0 aliphatic carbocycles. The van der Waals surface area contributed by atoms with Crippen molar-refractivity contribution >= 4 is 17.2 Å². The minimum Gasteiger partial charge on any atom is -0.487 e. The number of piperidine rings is 1. The normalized spacial score (nSPS) is 20.8. The van der Waals surface area contributed by atoms with Crippen LogP contribution in [-0.2, 0) is 6.61 Å². The number of hydrogen-bond donors (Lipinski definition) is 1. The van der Waals surface area contributed by atoms with Crippen molar-refractivity contribution in [1.82, 2.24) is 9.88 Å². The van der Waals surface area contributed by atoms with Gasteiger partial charge in [0.05, 0.1) is 11.2 Å². The summed E-state index contributed by atoms with van der Waals surface area (Å²) < 4.78 is 5.75. The average molecular weight is 345 g/mol. The van der Waals surface area contributed by atoms with Gasteiger partial charge in [0.1, 0.15) is 12.4 Å². The second kappa shape index (κ2) is 7.77. The average Bonchev–Trinajstić information content (AvgIpc) is 3.13. The number of nitrogens with zero attached hydrogens (tertiary/aromatic N) is 2. The van der Waals surface area contributed by atoms with E-state index in [1.165, 1.54) is 0 Å². The summed E-state index contributed by atoms with van der Waals surface area (Å²) >= 11 is 1.54. The molecule has 2 aromatic rings. The Bertz CT molecular complexity index is 675. The second-order valence-electron chi connectivity index (χ2n) is 6.31. The molecular formula is C18H23N3O2S. The molecule has 0 saturated carbocycles. The molecule has 6 heteroatoms. The Hall–Kier alpha value is -1.92. The Morgan fingerprint density at radius 1 is 1.50 bits per heavy atom. The number of aromatic nitrogens is 1. The van der Waals surface area contributed by atoms with Crippen LogP contribution in [0.25, 0.3) is 0 Å². The van der Waals surface area contributed by atoms with Crippen molar-refractivity contribution < 1.29 is 9.53 Å². The Morgan fingerprint density at radius 3 is 3.12 bits per heavy atom.